The van der Waals surface area contributed by atoms with Crippen LogP contribution in [0.25, 0.3) is 0 Å². The van der Waals surface area contributed by atoms with Crippen molar-refractivity contribution in [1.82, 2.24) is 20.3 Å². The van der Waals surface area contributed by atoms with E-state index in [-0.39, 0.29) is 0 Å². The minimum atomic E-state index is 0.339. The van der Waals surface area contributed by atoms with E-state index in [1.54, 1.807) is 4.79 Å². The van der Waals surface area contributed by atoms with Gasteiger partial charge in [0.2, 0.25) is 0 Å². The third-order valence-corrected chi connectivity index (χ3v) is 1.90. The van der Waals surface area contributed by atoms with Gasteiger partial charge in [0.1, 0.15) is 0 Å². The maximum Gasteiger partial charge on any atom is 0.263 e. The second-order valence-electron chi connectivity index (χ2n) is 2.77. The van der Waals surface area contributed by atoms with Crippen LogP contribution in [0.4, 0.5) is 5.95 Å². The van der Waals surface area contributed by atoms with Crippen molar-refractivity contribution in [3.8, 4) is 0 Å². The summed E-state index contributed by atoms with van der Waals surface area (Å²) in [6.07, 6.45) is 0. The molecule has 0 bridgehead atoms. The van der Waals surface area contributed by atoms with Gasteiger partial charge in [-0.3, -0.25) is 0 Å². The normalized spacial score (nSPS) is 28.5. The second kappa shape index (κ2) is 2.08. The molecule has 2 N–H and O–H groups in total. The molecular weight excluding hydrogens is 144 g/mol. The van der Waals surface area contributed by atoms with E-state index >= 15 is 0 Å². The number of hydrogen-bond donors (Lipinski definition) is 2. The predicted octanol–water partition coefficient (Wildman–Crippen LogP) is -0.581. The van der Waals surface area contributed by atoms with Gasteiger partial charge in [-0.15, -0.1) is 4.79 Å². The van der Waals surface area contributed by atoms with Crippen molar-refractivity contribution < 1.29 is 0 Å². The molecular formula is C5H10N6. The molecule has 0 amide bonds. The van der Waals surface area contributed by atoms with Crippen LogP contribution >= 0.6 is 0 Å². The van der Waals surface area contributed by atoms with Gasteiger partial charge in [0.15, 0.2) is 0 Å². The van der Waals surface area contributed by atoms with E-state index in [1.807, 2.05) is 0 Å². The molecule has 11 heavy (non-hydrogen) atoms. The zero-order valence-electron chi connectivity index (χ0n) is 6.44. The molecule has 2 unspecified atom stereocenters. The van der Waals surface area contributed by atoms with Crippen LogP contribution in [0.5, 0.6) is 0 Å². The lowest BCUT2D eigenvalue weighted by atomic mass is 10.2. The predicted molar refractivity (Wildman–Crippen MR) is 39.7 cm³/mol. The van der Waals surface area contributed by atoms with E-state index in [9.17, 15) is 0 Å². The van der Waals surface area contributed by atoms with Crippen LogP contribution in [0.15, 0.2) is 0 Å². The highest BCUT2D eigenvalue weighted by Gasteiger charge is 2.21. The van der Waals surface area contributed by atoms with E-state index in [2.05, 4.69) is 40.1 Å². The van der Waals surface area contributed by atoms with Crippen molar-refractivity contribution in [1.29, 1.82) is 0 Å². The van der Waals surface area contributed by atoms with Gasteiger partial charge in [0, 0.05) is 6.04 Å². The molecule has 0 aliphatic carbocycles. The molecule has 0 aromatic carbocycles. The summed E-state index contributed by atoms with van der Waals surface area (Å²) >= 11 is 0. The SMILES string of the molecule is CC1Nc2nnnn2NC1C. The average molecular weight is 154 g/mol. The van der Waals surface area contributed by atoms with Crippen molar-refractivity contribution in [2.24, 2.45) is 0 Å². The number of fused-ring (bicyclic) bond motifs is 1. The summed E-state index contributed by atoms with van der Waals surface area (Å²) in [5, 5.41) is 14.2. The number of nitrogens with one attached hydrogen (secondary N) is 2. The highest BCUT2D eigenvalue weighted by molar-refractivity contribution is 5.29. The smallest absolute Gasteiger partial charge is 0.263 e. The average Bonchev–Trinajstić information content (AvgIpc) is 2.36. The van der Waals surface area contributed by atoms with E-state index in [1.165, 1.54) is 0 Å². The van der Waals surface area contributed by atoms with Gasteiger partial charge in [-0.05, 0) is 24.3 Å². The zero-order chi connectivity index (χ0) is 7.84. The van der Waals surface area contributed by atoms with Crippen LogP contribution in [0.2, 0.25) is 0 Å². The highest BCUT2D eigenvalue weighted by Crippen LogP contribution is 2.09. The molecule has 60 valence electrons. The molecule has 1 aliphatic heterocycles. The van der Waals surface area contributed by atoms with Gasteiger partial charge in [-0.2, -0.15) is 0 Å². The Morgan fingerprint density at radius 3 is 3.00 bits per heavy atom. The van der Waals surface area contributed by atoms with Gasteiger partial charge in [-0.1, -0.05) is 5.10 Å². The van der Waals surface area contributed by atoms with Gasteiger partial charge >= 0.3 is 0 Å². The number of hydrogen-bond acceptors (Lipinski definition) is 5. The highest BCUT2D eigenvalue weighted by atomic mass is 15.7. The minimum Gasteiger partial charge on any atom is -0.347 e. The molecule has 1 aromatic heterocycles. The first-order valence-electron chi connectivity index (χ1n) is 3.59. The third kappa shape index (κ3) is 0.903. The summed E-state index contributed by atoms with van der Waals surface area (Å²) < 4.78 is 0. The van der Waals surface area contributed by atoms with E-state index in [0.717, 1.165) is 0 Å². The third-order valence-electron chi connectivity index (χ3n) is 1.90. The molecule has 2 rings (SSSR count). The van der Waals surface area contributed by atoms with E-state index in [4.69, 9.17) is 0 Å². The Balaban J connectivity index is 2.30. The lowest BCUT2D eigenvalue weighted by molar-refractivity contribution is 0.535. The molecule has 0 saturated carbocycles. The fourth-order valence-electron chi connectivity index (χ4n) is 0.997. The largest absolute Gasteiger partial charge is 0.347 e. The first-order valence-corrected chi connectivity index (χ1v) is 3.59. The van der Waals surface area contributed by atoms with Crippen molar-refractivity contribution in [2.45, 2.75) is 25.9 Å². The Kier molecular flexibility index (Phi) is 1.21. The van der Waals surface area contributed by atoms with E-state index in [0.29, 0.717) is 18.0 Å². The van der Waals surface area contributed by atoms with E-state index < -0.39 is 0 Å². The molecule has 0 saturated heterocycles. The van der Waals surface area contributed by atoms with Gasteiger partial charge in [0.25, 0.3) is 5.95 Å². The molecule has 0 spiro atoms. The second-order valence-corrected chi connectivity index (χ2v) is 2.77. The Labute approximate surface area is 63.9 Å². The first-order chi connectivity index (χ1) is 5.27. The molecule has 0 fully saturated rings. The number of tetrazole rings is 1. The standard InChI is InChI=1S/C5H10N6/c1-3-4(2)8-11-5(6-3)7-9-10-11/h3-4,8H,1-2H3,(H,6,7,10). The molecule has 0 radical (unpaired) electrons. The number of aromatic nitrogens is 4. The van der Waals surface area contributed by atoms with Crippen LogP contribution in [0.1, 0.15) is 13.8 Å². The maximum absolute atomic E-state index is 3.77. The zero-order valence-corrected chi connectivity index (χ0v) is 6.44. The molecule has 1 aliphatic rings. The van der Waals surface area contributed by atoms with Crippen LogP contribution in [0.3, 0.4) is 0 Å². The number of nitrogens with zero attached hydrogens (tertiary/aromatic N) is 4. The quantitative estimate of drug-likeness (QED) is 0.523. The Morgan fingerprint density at radius 2 is 2.18 bits per heavy atom. The number of anilines is 1. The minimum absolute atomic E-state index is 0.339. The summed E-state index contributed by atoms with van der Waals surface area (Å²) in [6.45, 7) is 4.15. The van der Waals surface area contributed by atoms with Gasteiger partial charge in [0.05, 0.1) is 6.04 Å². The monoisotopic (exact) mass is 154 g/mol. The Hall–Kier alpha value is -1.33. The number of rotatable bonds is 0. The van der Waals surface area contributed by atoms with Crippen LogP contribution < -0.4 is 10.7 Å². The van der Waals surface area contributed by atoms with Crippen LogP contribution in [-0.2, 0) is 0 Å². The molecule has 2 atom stereocenters. The fourth-order valence-corrected chi connectivity index (χ4v) is 0.997. The molecule has 6 nitrogen and oxygen atoms in total. The van der Waals surface area contributed by atoms with Crippen LogP contribution in [-0.4, -0.2) is 32.4 Å². The summed E-state index contributed by atoms with van der Waals surface area (Å²) in [5.41, 5.74) is 3.11. The van der Waals surface area contributed by atoms with Crippen LogP contribution in [0, 0.1) is 0 Å². The summed E-state index contributed by atoms with van der Waals surface area (Å²) in [7, 11) is 0. The molecule has 1 aromatic rings. The topological polar surface area (TPSA) is 67.7 Å². The van der Waals surface area contributed by atoms with Crippen molar-refractivity contribution in [3.05, 3.63) is 0 Å². The lowest BCUT2D eigenvalue weighted by Gasteiger charge is -2.28. The van der Waals surface area contributed by atoms with Crippen molar-refractivity contribution in [3.63, 3.8) is 0 Å². The summed E-state index contributed by atoms with van der Waals surface area (Å²) in [6, 6.07) is 0.694. The lowest BCUT2D eigenvalue weighted by Crippen LogP contribution is -2.45. The van der Waals surface area contributed by atoms with Crippen molar-refractivity contribution >= 4 is 5.95 Å². The van der Waals surface area contributed by atoms with Gasteiger partial charge in [-0.25, -0.2) is 0 Å². The van der Waals surface area contributed by atoms with Gasteiger partial charge < -0.3 is 10.7 Å². The maximum atomic E-state index is 3.77. The van der Waals surface area contributed by atoms with Crippen molar-refractivity contribution in [2.75, 3.05) is 10.7 Å². The summed E-state index contributed by atoms with van der Waals surface area (Å²) in [4.78, 5) is 1.55. The Morgan fingerprint density at radius 1 is 1.36 bits per heavy atom. The fraction of sp³-hybridized carbons (Fsp3) is 0.800. The molecule has 2 heterocycles. The molecule has 6 heteroatoms. The summed E-state index contributed by atoms with van der Waals surface area (Å²) in [5.74, 6) is 0.676. The Bertz CT molecular complexity index is 231. The first kappa shape index (κ1) is 6.38.